The van der Waals surface area contributed by atoms with Crippen LogP contribution in [0.4, 0.5) is 0 Å². The van der Waals surface area contributed by atoms with Gasteiger partial charge in [0.25, 0.3) is 23.6 Å². The molecule has 0 saturated heterocycles. The molecule has 4 amide bonds. The number of amides is 4. The van der Waals surface area contributed by atoms with E-state index in [0.29, 0.717) is 27.3 Å². The number of halogens is 5. The minimum Gasteiger partial charge on any atom is -0.508 e. The Labute approximate surface area is 768 Å². The molecule has 638 valence electrons. The normalized spacial score (nSPS) is 11.4. The molecule has 0 unspecified atom stereocenters. The Morgan fingerprint density at radius 3 is 0.969 bits per heavy atom. The van der Waals surface area contributed by atoms with E-state index >= 15 is 0 Å². The number of benzene rings is 15. The summed E-state index contributed by atoms with van der Waals surface area (Å²) in [7, 11) is 0. The predicted octanol–water partition coefficient (Wildman–Crippen LogP) is 25.2. The lowest BCUT2D eigenvalue weighted by Gasteiger charge is -2.06. The molecule has 0 fully saturated rings. The number of carbonyl (C=O) groups is 4. The second-order valence-corrected chi connectivity index (χ2v) is 30.9. The summed E-state index contributed by atoms with van der Waals surface area (Å²) in [6.07, 6.45) is 27.8. The number of phenols is 5. The van der Waals surface area contributed by atoms with Gasteiger partial charge in [0.2, 0.25) is 0 Å². The van der Waals surface area contributed by atoms with Crippen LogP contribution in [-0.2, 0) is 6.42 Å². The summed E-state index contributed by atoms with van der Waals surface area (Å²) in [4.78, 5) is 53.4. The SMILES string of the molecule is O=C(N/N=C/c1ccc(/C=C/CCCc2ccccc2)c2ccccc12)c1ccc(O)c(Cl)c1.O=C(N/N=C/c1ccc(/C=C/c2ccc(Cl)cc2)c2ccccc12)c1ccc(O)c(Cl)c1.O=C(N/N=C/c1ccc(/C=C/c2cccc(O)c2)c2ccccc12)c1ccc(O)c(Cl)c1.O=C(N/N=C/c1ccc(/C=C/c2ccccn2)c2ccccc12)c1ccc(O)c(Cl)c1. The van der Waals surface area contributed by atoms with Crippen molar-refractivity contribution in [2.75, 3.05) is 0 Å². The number of hydrogen-bond donors (Lipinski definition) is 9. The van der Waals surface area contributed by atoms with Crippen molar-refractivity contribution >= 4 is 192 Å². The summed E-state index contributed by atoms with van der Waals surface area (Å²) >= 11 is 29.4. The van der Waals surface area contributed by atoms with E-state index in [1.807, 2.05) is 218 Å². The maximum absolute atomic E-state index is 12.3. The van der Waals surface area contributed by atoms with Crippen LogP contribution in [0.5, 0.6) is 28.7 Å². The van der Waals surface area contributed by atoms with E-state index in [0.717, 1.165) is 124 Å². The molecule has 18 nitrogen and oxygen atoms in total. The summed E-state index contributed by atoms with van der Waals surface area (Å²) in [6.45, 7) is 0. The number of fused-ring (bicyclic) bond motifs is 4. The summed E-state index contributed by atoms with van der Waals surface area (Å²) in [5, 5.41) is 73.4. The number of aromatic nitrogens is 1. The average molecular weight is 1800 g/mol. The van der Waals surface area contributed by atoms with Crippen LogP contribution in [0.1, 0.15) is 121 Å². The maximum Gasteiger partial charge on any atom is 0.271 e. The number of rotatable bonds is 23. The lowest BCUT2D eigenvalue weighted by molar-refractivity contribution is 0.0947. The lowest BCUT2D eigenvalue weighted by atomic mass is 9.99. The van der Waals surface area contributed by atoms with Gasteiger partial charge in [0, 0.05) is 55.7 Å². The van der Waals surface area contributed by atoms with Crippen molar-refractivity contribution in [1.29, 1.82) is 0 Å². The number of hydrogen-bond acceptors (Lipinski definition) is 14. The minimum absolute atomic E-state index is 0.0708. The fraction of sp³-hybridized carbons (Fsp3) is 0.0283. The quantitative estimate of drug-likeness (QED) is 0.0126. The van der Waals surface area contributed by atoms with E-state index < -0.39 is 23.6 Å². The maximum atomic E-state index is 12.3. The third kappa shape index (κ3) is 25.6. The molecule has 1 heterocycles. The van der Waals surface area contributed by atoms with Crippen molar-refractivity contribution in [3.8, 4) is 28.7 Å². The number of aryl methyl sites for hydroxylation is 1. The average Bonchev–Trinajstić information content (AvgIpc) is 0.812. The van der Waals surface area contributed by atoms with E-state index in [1.54, 1.807) is 49.3 Å². The molecule has 0 aliphatic heterocycles. The van der Waals surface area contributed by atoms with E-state index in [4.69, 9.17) is 58.0 Å². The van der Waals surface area contributed by atoms with Gasteiger partial charge in [-0.3, -0.25) is 24.2 Å². The van der Waals surface area contributed by atoms with Gasteiger partial charge in [0.1, 0.15) is 28.7 Å². The van der Waals surface area contributed by atoms with Gasteiger partial charge in [-0.1, -0.05) is 307 Å². The topological polar surface area (TPSA) is 280 Å². The third-order valence-corrected chi connectivity index (χ3v) is 21.5. The van der Waals surface area contributed by atoms with Crippen LogP contribution in [0.2, 0.25) is 25.1 Å². The van der Waals surface area contributed by atoms with E-state index in [9.17, 15) is 44.7 Å². The number of phenolic OH excluding ortho intramolecular Hbond substituents is 5. The van der Waals surface area contributed by atoms with Gasteiger partial charge in [0.05, 0.1) is 50.6 Å². The van der Waals surface area contributed by atoms with Crippen molar-refractivity contribution in [1.82, 2.24) is 26.7 Å². The lowest BCUT2D eigenvalue weighted by Crippen LogP contribution is -2.17. The Balaban J connectivity index is 0.000000147. The summed E-state index contributed by atoms with van der Waals surface area (Å²) in [6, 6.07) is 95.9. The highest BCUT2D eigenvalue weighted by molar-refractivity contribution is 6.34. The first-order chi connectivity index (χ1) is 62.7. The number of pyridine rings is 1. The Morgan fingerprint density at radius 1 is 0.295 bits per heavy atom. The van der Waals surface area contributed by atoms with Gasteiger partial charge < -0.3 is 25.5 Å². The molecule has 9 N–H and O–H groups in total. The second-order valence-electron chi connectivity index (χ2n) is 28.8. The monoisotopic (exact) mass is 1800 g/mol. The molecule has 1 aromatic heterocycles. The van der Waals surface area contributed by atoms with Crippen LogP contribution in [-0.4, -0.2) is 79.0 Å². The molecule has 129 heavy (non-hydrogen) atoms. The molecule has 15 aromatic carbocycles. The summed E-state index contributed by atoms with van der Waals surface area (Å²) in [5.41, 5.74) is 23.2. The van der Waals surface area contributed by atoms with Crippen molar-refractivity contribution in [2.45, 2.75) is 19.3 Å². The van der Waals surface area contributed by atoms with Crippen LogP contribution in [0.3, 0.4) is 0 Å². The van der Waals surface area contributed by atoms with Crippen molar-refractivity contribution in [3.63, 3.8) is 0 Å². The standard InChI is InChI=1S/C29H25ClN2O2.C26H18Cl2N2O2.C26H19ClN2O3.C25H18ClN3O2/c30-27-19-23(17-18-28(27)33)29(34)32-31-20-24-16-15-22(25-13-7-8-14-26(24)25)12-6-2-5-11-21-9-3-1-4-10-21;27-21-12-6-17(7-13-21)5-8-18-9-10-20(23-4-2-1-3-22(18)23)16-29-30-26(32)19-11-14-25(31)24(28)15-19;27-24-15-19(12-13-25(24)31)26(32)29-28-16-20-11-10-18(22-6-1-2-7-23(20)22)9-8-17-4-3-5-21(30)14-17;26-23-15-18(11-13-24(23)30)25(31)29-28-16-19-9-8-17(21-6-1-2-7-22(19)21)10-12-20-5-3-4-14-27-20/h1,3-4,6-10,12-20,33H,2,5,11H2,(H,32,34);1-16,31H,(H,30,32);1-16,30-31H,(H,29,32);1-16,30H,(H,29,31)/b12-6+,31-20+;8-5+,29-16+;9-8+,28-16+;12-10+,28-16+. The molecule has 0 saturated carbocycles. The van der Waals surface area contributed by atoms with Crippen molar-refractivity contribution < 1.29 is 44.7 Å². The molecule has 0 radical (unpaired) electrons. The second kappa shape index (κ2) is 45.4. The fourth-order valence-corrected chi connectivity index (χ4v) is 14.3. The Kier molecular flexibility index (Phi) is 32.1. The number of aromatic hydroxyl groups is 5. The first kappa shape index (κ1) is 91.2. The largest absolute Gasteiger partial charge is 0.508 e. The molecule has 16 aromatic rings. The van der Waals surface area contributed by atoms with E-state index in [2.05, 4.69) is 102 Å². The molecule has 0 aliphatic carbocycles. The molecule has 0 bridgehead atoms. The van der Waals surface area contributed by atoms with Crippen molar-refractivity contribution in [3.05, 3.63) is 442 Å². The zero-order valence-electron chi connectivity index (χ0n) is 68.6. The van der Waals surface area contributed by atoms with Gasteiger partial charge in [-0.05, 0) is 217 Å². The molecule has 0 atom stereocenters. The number of allylic oxidation sites excluding steroid dienone is 1. The summed E-state index contributed by atoms with van der Waals surface area (Å²) < 4.78 is 0. The molecule has 0 spiro atoms. The van der Waals surface area contributed by atoms with Gasteiger partial charge >= 0.3 is 0 Å². The van der Waals surface area contributed by atoms with Crippen molar-refractivity contribution in [2.24, 2.45) is 20.4 Å². The zero-order chi connectivity index (χ0) is 90.4. The fourth-order valence-electron chi connectivity index (χ4n) is 13.4. The highest BCUT2D eigenvalue weighted by Crippen LogP contribution is 2.32. The number of hydrazone groups is 4. The smallest absolute Gasteiger partial charge is 0.271 e. The van der Waals surface area contributed by atoms with Crippen LogP contribution in [0.25, 0.3) is 85.6 Å². The third-order valence-electron chi connectivity index (χ3n) is 20.0. The molecule has 0 aliphatic rings. The Bertz CT molecular complexity index is 7030. The molecular formula is C106H80Cl5N9O9. The Morgan fingerprint density at radius 2 is 0.620 bits per heavy atom. The van der Waals surface area contributed by atoms with Crippen LogP contribution in [0.15, 0.2) is 348 Å². The van der Waals surface area contributed by atoms with E-state index in [-0.39, 0.29) is 48.8 Å². The van der Waals surface area contributed by atoms with Crippen LogP contribution >= 0.6 is 58.0 Å². The van der Waals surface area contributed by atoms with Crippen LogP contribution < -0.4 is 21.7 Å². The first-order valence-electron chi connectivity index (χ1n) is 40.3. The van der Waals surface area contributed by atoms with Gasteiger partial charge in [-0.25, -0.2) is 21.7 Å². The highest BCUT2D eigenvalue weighted by Gasteiger charge is 2.15. The number of nitrogens with one attached hydrogen (secondary N) is 4. The van der Waals surface area contributed by atoms with Gasteiger partial charge in [-0.2, -0.15) is 20.4 Å². The van der Waals surface area contributed by atoms with E-state index in [1.165, 1.54) is 78.4 Å². The van der Waals surface area contributed by atoms with Crippen LogP contribution in [0, 0.1) is 0 Å². The molecule has 23 heteroatoms. The van der Waals surface area contributed by atoms with Gasteiger partial charge in [-0.15, -0.1) is 0 Å². The Hall–Kier alpha value is -15.5. The number of nitrogens with zero attached hydrogens (tertiary/aromatic N) is 5. The number of carbonyl (C=O) groups excluding carboxylic acids is 4. The molecule has 16 rings (SSSR count). The molecular weight excluding hydrogens is 1720 g/mol. The zero-order valence-corrected chi connectivity index (χ0v) is 72.4. The highest BCUT2D eigenvalue weighted by atomic mass is 35.5. The summed E-state index contributed by atoms with van der Waals surface area (Å²) in [5.74, 6) is -1.77. The predicted molar refractivity (Wildman–Crippen MR) is 527 cm³/mol. The van der Waals surface area contributed by atoms with Gasteiger partial charge in [0.15, 0.2) is 0 Å². The minimum atomic E-state index is -0.432. The number of unbranched alkanes of at least 4 members (excludes halogenated alkanes) is 1. The first-order valence-corrected chi connectivity index (χ1v) is 42.2.